The Balaban J connectivity index is 2.87. The number of allylic oxidation sites excluding steroid dienone is 8. The SMILES string of the molecule is CCC(=O)C[C@H](O)C/C=C(C)/C=C(C)/C=C(C)/C=C/C(=O)O[C@H]1CCCC(=O)O[C@@H]([C@@H](C)C/C(C)=C/[C@@H](C)[C@H](O)C[C@@H](C)O)CC=C(C)C[C@@H]1C. The molecule has 1 aliphatic heterocycles. The van der Waals surface area contributed by atoms with Gasteiger partial charge in [-0.25, -0.2) is 4.79 Å². The van der Waals surface area contributed by atoms with Crippen LogP contribution in [-0.2, 0) is 23.9 Å². The summed E-state index contributed by atoms with van der Waals surface area (Å²) in [4.78, 5) is 37.4. The van der Waals surface area contributed by atoms with Crippen LogP contribution < -0.4 is 0 Å². The first-order valence-corrected chi connectivity index (χ1v) is 18.9. The Bertz CT molecular complexity index is 1300. The van der Waals surface area contributed by atoms with Crippen molar-refractivity contribution in [1.29, 1.82) is 0 Å². The summed E-state index contributed by atoms with van der Waals surface area (Å²) in [5, 5.41) is 30.0. The van der Waals surface area contributed by atoms with E-state index in [1.165, 1.54) is 6.08 Å². The van der Waals surface area contributed by atoms with Crippen LogP contribution in [0.3, 0.4) is 0 Å². The van der Waals surface area contributed by atoms with E-state index in [1.807, 2.05) is 58.9 Å². The quantitative estimate of drug-likeness (QED) is 0.0592. The van der Waals surface area contributed by atoms with Crippen molar-refractivity contribution in [3.05, 3.63) is 70.4 Å². The van der Waals surface area contributed by atoms with E-state index >= 15 is 0 Å². The van der Waals surface area contributed by atoms with Crippen molar-refractivity contribution in [3.8, 4) is 0 Å². The summed E-state index contributed by atoms with van der Waals surface area (Å²) in [6.45, 7) is 19.5. The number of ether oxygens (including phenoxy) is 2. The van der Waals surface area contributed by atoms with Gasteiger partial charge < -0.3 is 24.8 Å². The van der Waals surface area contributed by atoms with Crippen LogP contribution in [0.25, 0.3) is 0 Å². The molecule has 1 heterocycles. The Morgan fingerprint density at radius 2 is 1.67 bits per heavy atom. The van der Waals surface area contributed by atoms with Crippen LogP contribution in [0.2, 0.25) is 0 Å². The monoisotopic (exact) mass is 712 g/mol. The largest absolute Gasteiger partial charge is 0.462 e. The number of rotatable bonds is 17. The third-order valence-corrected chi connectivity index (χ3v) is 9.38. The molecule has 8 heteroatoms. The fraction of sp³-hybridized carbons (Fsp3) is 0.651. The van der Waals surface area contributed by atoms with Gasteiger partial charge in [0.05, 0.1) is 18.3 Å². The molecule has 0 amide bonds. The van der Waals surface area contributed by atoms with Crippen LogP contribution >= 0.6 is 0 Å². The molecule has 0 aliphatic carbocycles. The molecular weight excluding hydrogens is 644 g/mol. The van der Waals surface area contributed by atoms with Crippen molar-refractivity contribution in [2.45, 2.75) is 164 Å². The van der Waals surface area contributed by atoms with Crippen molar-refractivity contribution in [1.82, 2.24) is 0 Å². The lowest BCUT2D eigenvalue weighted by atomic mass is 9.89. The number of hydrogen-bond acceptors (Lipinski definition) is 8. The minimum Gasteiger partial charge on any atom is -0.462 e. The molecule has 0 aromatic carbocycles. The molecule has 51 heavy (non-hydrogen) atoms. The molecule has 8 nitrogen and oxygen atoms in total. The van der Waals surface area contributed by atoms with Gasteiger partial charge in [-0.1, -0.05) is 92.0 Å². The van der Waals surface area contributed by atoms with Gasteiger partial charge in [0.15, 0.2) is 0 Å². The smallest absolute Gasteiger partial charge is 0.331 e. The van der Waals surface area contributed by atoms with Gasteiger partial charge in [-0.2, -0.15) is 0 Å². The summed E-state index contributed by atoms with van der Waals surface area (Å²) in [5.74, 6) is -0.565. The molecule has 8 atom stereocenters. The maximum Gasteiger partial charge on any atom is 0.331 e. The summed E-state index contributed by atoms with van der Waals surface area (Å²) in [6.07, 6.45) is 15.6. The van der Waals surface area contributed by atoms with Crippen molar-refractivity contribution in [2.75, 3.05) is 0 Å². The Kier molecular flexibility index (Phi) is 21.8. The van der Waals surface area contributed by atoms with Gasteiger partial charge in [0.2, 0.25) is 0 Å². The molecule has 0 fully saturated rings. The molecule has 288 valence electrons. The summed E-state index contributed by atoms with van der Waals surface area (Å²) in [6, 6.07) is 0. The third kappa shape index (κ3) is 20.5. The van der Waals surface area contributed by atoms with Gasteiger partial charge in [0, 0.05) is 37.7 Å². The molecular formula is C43H68O8. The van der Waals surface area contributed by atoms with Gasteiger partial charge in [0.1, 0.15) is 18.0 Å². The molecule has 1 rings (SSSR count). The molecule has 0 aromatic heterocycles. The predicted molar refractivity (Wildman–Crippen MR) is 206 cm³/mol. The molecule has 0 spiro atoms. The number of esters is 2. The highest BCUT2D eigenvalue weighted by molar-refractivity contribution is 5.82. The highest BCUT2D eigenvalue weighted by Gasteiger charge is 2.26. The molecule has 0 saturated carbocycles. The van der Waals surface area contributed by atoms with Crippen molar-refractivity contribution >= 4 is 17.7 Å². The van der Waals surface area contributed by atoms with E-state index in [9.17, 15) is 29.7 Å². The first-order chi connectivity index (χ1) is 23.9. The lowest BCUT2D eigenvalue weighted by Gasteiger charge is -2.27. The summed E-state index contributed by atoms with van der Waals surface area (Å²) < 4.78 is 11.9. The van der Waals surface area contributed by atoms with Crippen LogP contribution in [-0.4, -0.2) is 63.6 Å². The van der Waals surface area contributed by atoms with Crippen LogP contribution in [0.4, 0.5) is 0 Å². The first kappa shape index (κ1) is 46.0. The predicted octanol–water partition coefficient (Wildman–Crippen LogP) is 8.61. The minimum absolute atomic E-state index is 0.0517. The minimum atomic E-state index is -0.673. The van der Waals surface area contributed by atoms with Crippen LogP contribution in [0.5, 0.6) is 0 Å². The maximum absolute atomic E-state index is 12.9. The Hall–Kier alpha value is -3.07. The average molecular weight is 713 g/mol. The fourth-order valence-electron chi connectivity index (χ4n) is 6.47. The molecule has 0 unspecified atom stereocenters. The zero-order valence-corrected chi connectivity index (χ0v) is 33.1. The normalized spacial score (nSPS) is 23.7. The van der Waals surface area contributed by atoms with E-state index in [2.05, 4.69) is 26.8 Å². The summed E-state index contributed by atoms with van der Waals surface area (Å²) in [7, 11) is 0. The second kappa shape index (κ2) is 24.2. The Morgan fingerprint density at radius 3 is 2.31 bits per heavy atom. The second-order valence-corrected chi connectivity index (χ2v) is 15.1. The zero-order chi connectivity index (χ0) is 38.7. The Labute approximate surface area is 308 Å². The van der Waals surface area contributed by atoms with E-state index in [1.54, 1.807) is 19.9 Å². The fourth-order valence-corrected chi connectivity index (χ4v) is 6.47. The summed E-state index contributed by atoms with van der Waals surface area (Å²) >= 11 is 0. The molecule has 1 aliphatic rings. The third-order valence-electron chi connectivity index (χ3n) is 9.38. The molecule has 0 radical (unpaired) electrons. The van der Waals surface area contributed by atoms with Gasteiger partial charge in [-0.3, -0.25) is 9.59 Å². The topological polar surface area (TPSA) is 130 Å². The molecule has 0 aromatic rings. The van der Waals surface area contributed by atoms with Gasteiger partial charge in [-0.15, -0.1) is 0 Å². The van der Waals surface area contributed by atoms with Crippen molar-refractivity contribution < 1.29 is 39.2 Å². The summed E-state index contributed by atoms with van der Waals surface area (Å²) in [5.41, 5.74) is 5.13. The average Bonchev–Trinajstić information content (AvgIpc) is 3.02. The van der Waals surface area contributed by atoms with Gasteiger partial charge >= 0.3 is 11.9 Å². The van der Waals surface area contributed by atoms with Crippen molar-refractivity contribution in [3.63, 3.8) is 0 Å². The van der Waals surface area contributed by atoms with E-state index in [4.69, 9.17) is 9.47 Å². The highest BCUT2D eigenvalue weighted by atomic mass is 16.5. The van der Waals surface area contributed by atoms with E-state index in [0.717, 1.165) is 40.7 Å². The molecule has 0 saturated heterocycles. The number of carbonyl (C=O) groups excluding carboxylic acids is 3. The van der Waals surface area contributed by atoms with Crippen LogP contribution in [0.1, 0.15) is 133 Å². The van der Waals surface area contributed by atoms with Gasteiger partial charge in [0.25, 0.3) is 0 Å². The lowest BCUT2D eigenvalue weighted by molar-refractivity contribution is -0.152. The number of carbonyl (C=O) groups is 3. The number of aliphatic hydroxyl groups is 3. The first-order valence-electron chi connectivity index (χ1n) is 18.9. The van der Waals surface area contributed by atoms with Crippen LogP contribution in [0.15, 0.2) is 70.4 Å². The molecule has 3 N–H and O–H groups in total. The number of aliphatic hydroxyl groups excluding tert-OH is 3. The number of cyclic esters (lactones) is 1. The number of hydrogen-bond donors (Lipinski definition) is 3. The maximum atomic E-state index is 12.9. The zero-order valence-electron chi connectivity index (χ0n) is 33.1. The Morgan fingerprint density at radius 1 is 1.00 bits per heavy atom. The van der Waals surface area contributed by atoms with Crippen LogP contribution in [0, 0.1) is 17.8 Å². The second-order valence-electron chi connectivity index (χ2n) is 15.1. The number of Topliss-reactive ketones (excluding diaryl/α,β-unsaturated/α-hetero) is 1. The number of ketones is 1. The highest BCUT2D eigenvalue weighted by Crippen LogP contribution is 2.27. The van der Waals surface area contributed by atoms with Crippen molar-refractivity contribution in [2.24, 2.45) is 17.8 Å². The van der Waals surface area contributed by atoms with E-state index in [0.29, 0.717) is 38.5 Å². The standard InChI is InChI=1S/C43H68O8/c1-11-37(45)27-38(46)18-15-28(2)21-31(5)22-29(3)17-20-43(49)50-40-13-12-14-42(48)51-41(19-16-30(4)23-34(40)8)35(9)25-32(6)24-33(7)39(47)26-36(10)44/h15-17,20-22,24,33-36,38-41,44,46-47H,11-14,18-19,23,25-27H2,1-10H3/b20-17+,28-15+,29-22+,30-16?,31-21+,32-24+/t33-,34+,35+,36-,38-,39-,40+,41-/m1/s1. The molecule has 0 bridgehead atoms. The van der Waals surface area contributed by atoms with E-state index in [-0.39, 0.29) is 54.6 Å². The van der Waals surface area contributed by atoms with E-state index < -0.39 is 24.3 Å². The van der Waals surface area contributed by atoms with Gasteiger partial charge in [-0.05, 0) is 91.9 Å². The lowest BCUT2D eigenvalue weighted by Crippen LogP contribution is -2.28.